The van der Waals surface area contributed by atoms with Gasteiger partial charge in [-0.2, -0.15) is 0 Å². The fraction of sp³-hybridized carbons (Fsp3) is 0.950. The van der Waals surface area contributed by atoms with Gasteiger partial charge in [-0.15, -0.1) is 0 Å². The normalized spacial score (nSPS) is 24.0. The Labute approximate surface area is 138 Å². The number of carbonyl (C=O) groups is 1. The zero-order valence-corrected chi connectivity index (χ0v) is 15.3. The largest absolute Gasteiger partial charge is 0.459 e. The zero-order chi connectivity index (χ0) is 16.3. The van der Waals surface area contributed by atoms with E-state index in [4.69, 9.17) is 4.74 Å². The van der Waals surface area contributed by atoms with E-state index in [9.17, 15) is 4.79 Å². The van der Waals surface area contributed by atoms with Crippen LogP contribution in [0.2, 0.25) is 0 Å². The van der Waals surface area contributed by atoms with Crippen molar-refractivity contribution < 1.29 is 9.53 Å². The van der Waals surface area contributed by atoms with Crippen LogP contribution in [-0.4, -0.2) is 11.6 Å². The number of carbonyl (C=O) groups excluding carboxylic acids is 1. The maximum absolute atomic E-state index is 11.8. The molecule has 22 heavy (non-hydrogen) atoms. The Morgan fingerprint density at radius 3 is 1.82 bits per heavy atom. The molecule has 0 N–H and O–H groups in total. The maximum Gasteiger partial charge on any atom is 0.306 e. The summed E-state index contributed by atoms with van der Waals surface area (Å²) in [6.07, 6.45) is 17.2. The molecule has 0 spiro atoms. The molecule has 2 heteroatoms. The number of hydrogen-bond donors (Lipinski definition) is 0. The van der Waals surface area contributed by atoms with Crippen molar-refractivity contribution >= 4 is 5.97 Å². The second kappa shape index (κ2) is 11.1. The summed E-state index contributed by atoms with van der Waals surface area (Å²) in [5.41, 5.74) is -0.145. The molecule has 0 unspecified atom stereocenters. The van der Waals surface area contributed by atoms with Crippen LogP contribution in [0.15, 0.2) is 0 Å². The summed E-state index contributed by atoms with van der Waals surface area (Å²) >= 11 is 0. The minimum Gasteiger partial charge on any atom is -0.459 e. The van der Waals surface area contributed by atoms with Gasteiger partial charge < -0.3 is 4.74 Å². The van der Waals surface area contributed by atoms with Gasteiger partial charge in [-0.1, -0.05) is 78.1 Å². The molecule has 0 aromatic rings. The van der Waals surface area contributed by atoms with Gasteiger partial charge in [0.15, 0.2) is 0 Å². The summed E-state index contributed by atoms with van der Waals surface area (Å²) in [5.74, 6) is 0.741. The molecule has 1 rings (SSSR count). The minimum atomic E-state index is -0.145. The van der Waals surface area contributed by atoms with Gasteiger partial charge in [0.1, 0.15) is 5.60 Å². The van der Waals surface area contributed by atoms with Gasteiger partial charge in [-0.25, -0.2) is 0 Å². The molecule has 130 valence electrons. The quantitative estimate of drug-likeness (QED) is 0.290. The first kappa shape index (κ1) is 19.5. The van der Waals surface area contributed by atoms with Crippen LogP contribution in [0.3, 0.4) is 0 Å². The standard InChI is InChI=1S/C20H38O2/c1-4-5-6-7-8-9-10-11-12-13-14-15-19(21)22-20(3)16-18(2)17-20/h18H,4-17H2,1-3H3. The smallest absolute Gasteiger partial charge is 0.306 e. The van der Waals surface area contributed by atoms with Gasteiger partial charge in [-0.05, 0) is 32.1 Å². The Morgan fingerprint density at radius 2 is 1.36 bits per heavy atom. The van der Waals surface area contributed by atoms with Crippen molar-refractivity contribution in [3.8, 4) is 0 Å². The van der Waals surface area contributed by atoms with Crippen LogP contribution < -0.4 is 0 Å². The van der Waals surface area contributed by atoms with Crippen molar-refractivity contribution in [3.63, 3.8) is 0 Å². The van der Waals surface area contributed by atoms with Gasteiger partial charge in [-0.3, -0.25) is 4.79 Å². The summed E-state index contributed by atoms with van der Waals surface area (Å²) in [5, 5.41) is 0. The molecular weight excluding hydrogens is 272 g/mol. The molecular formula is C20H38O2. The first-order valence-corrected chi connectivity index (χ1v) is 9.77. The summed E-state index contributed by atoms with van der Waals surface area (Å²) in [7, 11) is 0. The molecule has 0 aromatic heterocycles. The highest BCUT2D eigenvalue weighted by atomic mass is 16.6. The van der Waals surface area contributed by atoms with Crippen molar-refractivity contribution in [2.45, 2.75) is 116 Å². The van der Waals surface area contributed by atoms with E-state index in [0.29, 0.717) is 6.42 Å². The van der Waals surface area contributed by atoms with E-state index >= 15 is 0 Å². The SMILES string of the molecule is CCCCCCCCCCCCCC(=O)OC1(C)CC(C)C1. The minimum absolute atomic E-state index is 0.0188. The summed E-state index contributed by atoms with van der Waals surface area (Å²) in [4.78, 5) is 11.8. The van der Waals surface area contributed by atoms with Crippen LogP contribution >= 0.6 is 0 Å². The lowest BCUT2D eigenvalue weighted by Crippen LogP contribution is -2.43. The molecule has 0 bridgehead atoms. The van der Waals surface area contributed by atoms with Gasteiger partial charge in [0.05, 0.1) is 0 Å². The van der Waals surface area contributed by atoms with Crippen LogP contribution in [0, 0.1) is 5.92 Å². The van der Waals surface area contributed by atoms with Crippen molar-refractivity contribution in [1.82, 2.24) is 0 Å². The lowest BCUT2D eigenvalue weighted by molar-refractivity contribution is -0.171. The molecule has 0 amide bonds. The van der Waals surface area contributed by atoms with Crippen molar-refractivity contribution in [1.29, 1.82) is 0 Å². The topological polar surface area (TPSA) is 26.3 Å². The Balaban J connectivity index is 1.82. The highest BCUT2D eigenvalue weighted by Gasteiger charge is 2.40. The molecule has 1 aliphatic carbocycles. The zero-order valence-electron chi connectivity index (χ0n) is 15.3. The highest BCUT2D eigenvalue weighted by Crippen LogP contribution is 2.40. The third-order valence-electron chi connectivity index (χ3n) is 4.91. The lowest BCUT2D eigenvalue weighted by atomic mass is 9.73. The molecule has 0 atom stereocenters. The summed E-state index contributed by atoms with van der Waals surface area (Å²) in [6, 6.07) is 0. The Bertz CT molecular complexity index is 292. The van der Waals surface area contributed by atoms with Crippen molar-refractivity contribution in [3.05, 3.63) is 0 Å². The Morgan fingerprint density at radius 1 is 0.909 bits per heavy atom. The van der Waals surface area contributed by atoms with Gasteiger partial charge in [0, 0.05) is 6.42 Å². The van der Waals surface area contributed by atoms with Gasteiger partial charge in [0.2, 0.25) is 0 Å². The molecule has 1 aliphatic rings. The van der Waals surface area contributed by atoms with Gasteiger partial charge >= 0.3 is 5.97 Å². The summed E-state index contributed by atoms with van der Waals surface area (Å²) in [6.45, 7) is 6.56. The molecule has 0 saturated heterocycles. The molecule has 1 fully saturated rings. The van der Waals surface area contributed by atoms with E-state index in [2.05, 4.69) is 20.8 Å². The Hall–Kier alpha value is -0.530. The van der Waals surface area contributed by atoms with Crippen molar-refractivity contribution in [2.75, 3.05) is 0 Å². The third kappa shape index (κ3) is 8.80. The number of unbranched alkanes of at least 4 members (excludes halogenated alkanes) is 10. The fourth-order valence-corrected chi connectivity index (χ4v) is 3.76. The van der Waals surface area contributed by atoms with E-state index < -0.39 is 0 Å². The van der Waals surface area contributed by atoms with E-state index in [1.807, 2.05) is 0 Å². The molecule has 0 aliphatic heterocycles. The monoisotopic (exact) mass is 310 g/mol. The predicted octanol–water partition coefficient (Wildman–Crippen LogP) is 6.42. The van der Waals surface area contributed by atoms with Crippen LogP contribution in [0.4, 0.5) is 0 Å². The van der Waals surface area contributed by atoms with E-state index in [-0.39, 0.29) is 11.6 Å². The van der Waals surface area contributed by atoms with Crippen LogP contribution in [0.1, 0.15) is 111 Å². The first-order chi connectivity index (χ1) is 10.6. The van der Waals surface area contributed by atoms with Gasteiger partial charge in [0.25, 0.3) is 0 Å². The van der Waals surface area contributed by atoms with Crippen LogP contribution in [0.5, 0.6) is 0 Å². The first-order valence-electron chi connectivity index (χ1n) is 9.77. The number of hydrogen-bond acceptors (Lipinski definition) is 2. The predicted molar refractivity (Wildman–Crippen MR) is 94.0 cm³/mol. The second-order valence-electron chi connectivity index (χ2n) is 7.72. The maximum atomic E-state index is 11.8. The lowest BCUT2D eigenvalue weighted by Gasteiger charge is -2.42. The van der Waals surface area contributed by atoms with E-state index in [1.165, 1.54) is 64.2 Å². The molecule has 0 radical (unpaired) electrons. The fourth-order valence-electron chi connectivity index (χ4n) is 3.76. The molecule has 0 heterocycles. The van der Waals surface area contributed by atoms with Crippen molar-refractivity contribution in [2.24, 2.45) is 5.92 Å². The van der Waals surface area contributed by atoms with Crippen LogP contribution in [0.25, 0.3) is 0 Å². The summed E-state index contributed by atoms with van der Waals surface area (Å²) < 4.78 is 5.60. The second-order valence-corrected chi connectivity index (χ2v) is 7.72. The Kier molecular flexibility index (Phi) is 9.82. The molecule has 2 nitrogen and oxygen atoms in total. The molecule has 1 saturated carbocycles. The average Bonchev–Trinajstić information content (AvgIpc) is 2.43. The average molecular weight is 311 g/mol. The highest BCUT2D eigenvalue weighted by molar-refractivity contribution is 5.69. The van der Waals surface area contributed by atoms with E-state index in [0.717, 1.165) is 25.2 Å². The van der Waals surface area contributed by atoms with Crippen LogP contribution in [-0.2, 0) is 9.53 Å². The number of esters is 1. The third-order valence-corrected chi connectivity index (χ3v) is 4.91. The van der Waals surface area contributed by atoms with E-state index in [1.54, 1.807) is 0 Å². The number of rotatable bonds is 13. The number of ether oxygens (including phenoxy) is 1. The molecule has 0 aromatic carbocycles.